The van der Waals surface area contributed by atoms with Gasteiger partial charge in [0.15, 0.2) is 11.6 Å². The molecule has 3 nitrogen and oxygen atoms in total. The van der Waals surface area contributed by atoms with Gasteiger partial charge in [-0.25, -0.2) is 4.39 Å². The van der Waals surface area contributed by atoms with E-state index in [9.17, 15) is 8.78 Å². The van der Waals surface area contributed by atoms with Crippen LogP contribution in [0.5, 0.6) is 5.75 Å². The van der Waals surface area contributed by atoms with E-state index in [0.29, 0.717) is 0 Å². The molecule has 0 aliphatic rings. The van der Waals surface area contributed by atoms with Crippen LogP contribution in [-0.4, -0.2) is 30.0 Å². The Morgan fingerprint density at radius 3 is 2.31 bits per heavy atom. The highest BCUT2D eigenvalue weighted by molar-refractivity contribution is 5.33. The fourth-order valence-electron chi connectivity index (χ4n) is 1.38. The molecular weight excluding hydrogens is 218 g/mol. The van der Waals surface area contributed by atoms with Crippen LogP contribution < -0.4 is 4.74 Å². The first kappa shape index (κ1) is 12.9. The molecule has 0 fully saturated rings. The average Bonchev–Trinajstić information content (AvgIpc) is 2.29. The molecule has 1 aromatic rings. The molecule has 5 heteroatoms. The van der Waals surface area contributed by atoms with Crippen molar-refractivity contribution in [2.24, 2.45) is 0 Å². The van der Waals surface area contributed by atoms with Crippen molar-refractivity contribution in [2.75, 3.05) is 19.8 Å². The maximum absolute atomic E-state index is 13.5. The Morgan fingerprint density at radius 1 is 1.19 bits per heavy atom. The Kier molecular flexibility index (Phi) is 4.64. The minimum Gasteiger partial charge on any atom is -0.491 e. The van der Waals surface area contributed by atoms with Gasteiger partial charge in [-0.1, -0.05) is 6.07 Å². The van der Waals surface area contributed by atoms with Crippen LogP contribution in [0.15, 0.2) is 12.1 Å². The van der Waals surface area contributed by atoms with Crippen LogP contribution in [0.2, 0.25) is 0 Å². The number of rotatable bonds is 5. The molecule has 1 aromatic carbocycles. The quantitative estimate of drug-likeness (QED) is 0.807. The molecule has 1 rings (SSSR count). The smallest absolute Gasteiger partial charge is 0.200 e. The van der Waals surface area contributed by atoms with Gasteiger partial charge in [-0.15, -0.1) is 0 Å². The summed E-state index contributed by atoms with van der Waals surface area (Å²) in [6.45, 7) is 1.01. The zero-order valence-electron chi connectivity index (χ0n) is 8.91. The van der Waals surface area contributed by atoms with Crippen LogP contribution in [-0.2, 0) is 0 Å². The van der Waals surface area contributed by atoms with Crippen molar-refractivity contribution in [1.29, 1.82) is 0 Å². The molecule has 0 spiro atoms. The summed E-state index contributed by atoms with van der Waals surface area (Å²) in [6.07, 6.45) is 0. The van der Waals surface area contributed by atoms with Crippen molar-refractivity contribution in [3.05, 3.63) is 29.3 Å². The number of benzene rings is 1. The summed E-state index contributed by atoms with van der Waals surface area (Å²) < 4.78 is 31.8. The van der Waals surface area contributed by atoms with Crippen molar-refractivity contribution < 1.29 is 23.7 Å². The second-order valence-corrected chi connectivity index (χ2v) is 3.28. The third kappa shape index (κ3) is 2.48. The van der Waals surface area contributed by atoms with E-state index in [1.54, 1.807) is 6.92 Å². The number of halogens is 2. The Labute approximate surface area is 92.3 Å². The van der Waals surface area contributed by atoms with Gasteiger partial charge in [-0.3, -0.25) is 0 Å². The minimum atomic E-state index is -1.09. The van der Waals surface area contributed by atoms with E-state index in [1.807, 2.05) is 0 Å². The molecule has 0 amide bonds. The van der Waals surface area contributed by atoms with Gasteiger partial charge < -0.3 is 14.9 Å². The summed E-state index contributed by atoms with van der Waals surface area (Å²) in [4.78, 5) is 0. The lowest BCUT2D eigenvalue weighted by molar-refractivity contribution is 0.189. The van der Waals surface area contributed by atoms with E-state index < -0.39 is 30.8 Å². The van der Waals surface area contributed by atoms with Gasteiger partial charge in [0.25, 0.3) is 0 Å². The summed E-state index contributed by atoms with van der Waals surface area (Å²) in [6, 6.07) is 2.59. The molecule has 2 N–H and O–H groups in total. The Balaban J connectivity index is 3.10. The largest absolute Gasteiger partial charge is 0.491 e. The van der Waals surface area contributed by atoms with E-state index in [2.05, 4.69) is 0 Å². The van der Waals surface area contributed by atoms with Gasteiger partial charge in [0.05, 0.1) is 19.8 Å². The first-order chi connectivity index (χ1) is 7.65. The average molecular weight is 232 g/mol. The standard InChI is InChI=1S/C11H14F2O3/c1-2-16-9-4-3-8(7(5-14)6-15)10(12)11(9)13/h3-4,7,14-15H,2,5-6H2,1H3. The molecule has 0 aliphatic heterocycles. The van der Waals surface area contributed by atoms with Crippen LogP contribution in [0, 0.1) is 11.6 Å². The van der Waals surface area contributed by atoms with Gasteiger partial charge in [-0.05, 0) is 18.6 Å². The fraction of sp³-hybridized carbons (Fsp3) is 0.455. The highest BCUT2D eigenvalue weighted by Gasteiger charge is 2.20. The van der Waals surface area contributed by atoms with Gasteiger partial charge in [0.1, 0.15) is 0 Å². The highest BCUT2D eigenvalue weighted by Crippen LogP contribution is 2.27. The maximum Gasteiger partial charge on any atom is 0.200 e. The summed E-state index contributed by atoms with van der Waals surface area (Å²) in [5.41, 5.74) is -0.0500. The van der Waals surface area contributed by atoms with Gasteiger partial charge >= 0.3 is 0 Å². The third-order valence-electron chi connectivity index (χ3n) is 2.26. The molecule has 0 heterocycles. The SMILES string of the molecule is CCOc1ccc(C(CO)CO)c(F)c1F. The van der Waals surface area contributed by atoms with Crippen molar-refractivity contribution in [1.82, 2.24) is 0 Å². The summed E-state index contributed by atoms with van der Waals surface area (Å²) in [7, 11) is 0. The zero-order valence-corrected chi connectivity index (χ0v) is 8.91. The molecule has 0 saturated heterocycles. The van der Waals surface area contributed by atoms with Crippen LogP contribution in [0.1, 0.15) is 18.4 Å². The number of aliphatic hydroxyl groups is 2. The molecule has 90 valence electrons. The first-order valence-electron chi connectivity index (χ1n) is 4.98. The molecular formula is C11H14F2O3. The van der Waals surface area contributed by atoms with Crippen molar-refractivity contribution in [3.8, 4) is 5.75 Å². The van der Waals surface area contributed by atoms with E-state index in [4.69, 9.17) is 14.9 Å². The molecule has 0 radical (unpaired) electrons. The molecule has 0 unspecified atom stereocenters. The second-order valence-electron chi connectivity index (χ2n) is 3.28. The summed E-state index contributed by atoms with van der Waals surface area (Å²) >= 11 is 0. The molecule has 16 heavy (non-hydrogen) atoms. The number of hydrogen-bond acceptors (Lipinski definition) is 3. The van der Waals surface area contributed by atoms with Crippen molar-refractivity contribution >= 4 is 0 Å². The van der Waals surface area contributed by atoms with Crippen molar-refractivity contribution in [3.63, 3.8) is 0 Å². The van der Waals surface area contributed by atoms with Crippen molar-refractivity contribution in [2.45, 2.75) is 12.8 Å². The predicted molar refractivity (Wildman–Crippen MR) is 54.4 cm³/mol. The van der Waals surface area contributed by atoms with Crippen LogP contribution >= 0.6 is 0 Å². The van der Waals surface area contributed by atoms with Crippen LogP contribution in [0.3, 0.4) is 0 Å². The second kappa shape index (κ2) is 5.77. The Morgan fingerprint density at radius 2 is 1.81 bits per heavy atom. The molecule has 0 bridgehead atoms. The van der Waals surface area contributed by atoms with Gasteiger partial charge in [-0.2, -0.15) is 4.39 Å². The van der Waals surface area contributed by atoms with E-state index in [1.165, 1.54) is 12.1 Å². The van der Waals surface area contributed by atoms with Crippen LogP contribution in [0.25, 0.3) is 0 Å². The first-order valence-corrected chi connectivity index (χ1v) is 4.98. The van der Waals surface area contributed by atoms with E-state index >= 15 is 0 Å². The normalized spacial score (nSPS) is 10.9. The molecule has 0 aliphatic carbocycles. The maximum atomic E-state index is 13.5. The Hall–Kier alpha value is -1.20. The highest BCUT2D eigenvalue weighted by atomic mass is 19.2. The predicted octanol–water partition coefficient (Wildman–Crippen LogP) is 1.43. The minimum absolute atomic E-state index is 0.0500. The van der Waals surface area contributed by atoms with E-state index in [-0.39, 0.29) is 17.9 Å². The molecule has 0 atom stereocenters. The zero-order chi connectivity index (χ0) is 12.1. The van der Waals surface area contributed by atoms with E-state index in [0.717, 1.165) is 0 Å². The summed E-state index contributed by atoms with van der Waals surface area (Å²) in [5.74, 6) is -3.16. The monoisotopic (exact) mass is 232 g/mol. The lowest BCUT2D eigenvalue weighted by Gasteiger charge is -2.14. The lowest BCUT2D eigenvalue weighted by atomic mass is 10.00. The lowest BCUT2D eigenvalue weighted by Crippen LogP contribution is -2.12. The van der Waals surface area contributed by atoms with Gasteiger partial charge in [0, 0.05) is 5.92 Å². The Bertz CT molecular complexity index is 351. The summed E-state index contributed by atoms with van der Waals surface area (Å²) in [5, 5.41) is 17.8. The van der Waals surface area contributed by atoms with Crippen LogP contribution in [0.4, 0.5) is 8.78 Å². The molecule has 0 aromatic heterocycles. The molecule has 0 saturated carbocycles. The van der Waals surface area contributed by atoms with Gasteiger partial charge in [0.2, 0.25) is 5.82 Å². The number of hydrogen-bond donors (Lipinski definition) is 2. The fourth-order valence-corrected chi connectivity index (χ4v) is 1.38. The topological polar surface area (TPSA) is 49.7 Å². The number of ether oxygens (including phenoxy) is 1. The third-order valence-corrected chi connectivity index (χ3v) is 2.26. The number of aliphatic hydroxyl groups excluding tert-OH is 2.